The molecule has 0 radical (unpaired) electrons. The van der Waals surface area contributed by atoms with Crippen LogP contribution in [0, 0.1) is 0 Å². The van der Waals surface area contributed by atoms with E-state index in [4.69, 9.17) is 5.11 Å². The fourth-order valence-corrected chi connectivity index (χ4v) is 3.57. The van der Waals surface area contributed by atoms with E-state index in [0.29, 0.717) is 0 Å². The number of sulfone groups is 1. The van der Waals surface area contributed by atoms with Crippen LogP contribution in [0.4, 0.5) is 0 Å². The molecule has 110 valence electrons. The van der Waals surface area contributed by atoms with Gasteiger partial charge in [-0.1, -0.05) is 0 Å². The molecule has 0 saturated heterocycles. The average molecular weight is 318 g/mol. The topological polar surface area (TPSA) is 113 Å². The third kappa shape index (κ3) is 4.82. The fraction of sp³-hybridized carbons (Fsp3) is 0.364. The summed E-state index contributed by atoms with van der Waals surface area (Å²) in [5, 5.41) is 11.4. The van der Waals surface area contributed by atoms with Gasteiger partial charge in [-0.25, -0.2) is 18.2 Å². The van der Waals surface area contributed by atoms with Crippen molar-refractivity contribution in [3.05, 3.63) is 18.3 Å². The van der Waals surface area contributed by atoms with Crippen LogP contribution in [0.2, 0.25) is 0 Å². The van der Waals surface area contributed by atoms with Gasteiger partial charge in [-0.05, 0) is 12.1 Å². The zero-order valence-corrected chi connectivity index (χ0v) is 12.5. The SMILES string of the molecule is CC(=O)NC(CSc1ncccc1S(C)(=O)=O)C(=O)O. The van der Waals surface area contributed by atoms with Crippen LogP contribution < -0.4 is 5.32 Å². The number of carboxylic acid groups (broad SMARTS) is 1. The Morgan fingerprint density at radius 2 is 2.15 bits per heavy atom. The van der Waals surface area contributed by atoms with Crippen molar-refractivity contribution in [2.24, 2.45) is 0 Å². The third-order valence-electron chi connectivity index (χ3n) is 2.20. The summed E-state index contributed by atoms with van der Waals surface area (Å²) in [7, 11) is -3.44. The number of thioether (sulfide) groups is 1. The first-order valence-corrected chi connectivity index (χ1v) is 8.37. The molecule has 1 amide bonds. The molecule has 20 heavy (non-hydrogen) atoms. The maximum absolute atomic E-state index is 11.6. The van der Waals surface area contributed by atoms with Crippen LogP contribution in [0.3, 0.4) is 0 Å². The number of carbonyl (C=O) groups excluding carboxylic acids is 1. The molecule has 1 unspecified atom stereocenters. The van der Waals surface area contributed by atoms with Crippen molar-refractivity contribution in [1.29, 1.82) is 0 Å². The monoisotopic (exact) mass is 318 g/mol. The molecule has 1 heterocycles. The number of hydrogen-bond acceptors (Lipinski definition) is 6. The van der Waals surface area contributed by atoms with Crippen LogP contribution in [0.1, 0.15) is 6.92 Å². The fourth-order valence-electron chi connectivity index (χ4n) is 1.35. The molecule has 2 N–H and O–H groups in total. The number of nitrogens with zero attached hydrogens (tertiary/aromatic N) is 1. The van der Waals surface area contributed by atoms with E-state index in [-0.39, 0.29) is 15.7 Å². The van der Waals surface area contributed by atoms with E-state index >= 15 is 0 Å². The Morgan fingerprint density at radius 1 is 1.50 bits per heavy atom. The first kappa shape index (κ1) is 16.4. The molecule has 1 rings (SSSR count). The number of amides is 1. The largest absolute Gasteiger partial charge is 0.480 e. The van der Waals surface area contributed by atoms with Crippen LogP contribution >= 0.6 is 11.8 Å². The summed E-state index contributed by atoms with van der Waals surface area (Å²) >= 11 is 0.967. The second-order valence-electron chi connectivity index (χ2n) is 3.98. The molecule has 0 bridgehead atoms. The van der Waals surface area contributed by atoms with Crippen molar-refractivity contribution in [1.82, 2.24) is 10.3 Å². The lowest BCUT2D eigenvalue weighted by atomic mass is 10.3. The zero-order valence-electron chi connectivity index (χ0n) is 10.9. The van der Waals surface area contributed by atoms with Gasteiger partial charge in [0.05, 0.1) is 4.90 Å². The van der Waals surface area contributed by atoms with Crippen LogP contribution in [0.15, 0.2) is 28.3 Å². The molecule has 0 aromatic carbocycles. The van der Waals surface area contributed by atoms with Crippen LogP contribution in [-0.2, 0) is 19.4 Å². The number of rotatable bonds is 6. The molecule has 0 aliphatic rings. The van der Waals surface area contributed by atoms with Gasteiger partial charge in [0.1, 0.15) is 11.1 Å². The van der Waals surface area contributed by atoms with Crippen molar-refractivity contribution in [2.75, 3.05) is 12.0 Å². The molecular formula is C11H14N2O5S2. The standard InChI is InChI=1S/C11H14N2O5S2/c1-7(14)13-8(11(15)16)6-19-10-9(20(2,17)18)4-3-5-12-10/h3-5,8H,6H2,1-2H3,(H,13,14)(H,15,16). The quantitative estimate of drug-likeness (QED) is 0.718. The van der Waals surface area contributed by atoms with Gasteiger partial charge < -0.3 is 10.4 Å². The van der Waals surface area contributed by atoms with Crippen LogP contribution in [0.5, 0.6) is 0 Å². The number of carbonyl (C=O) groups is 2. The Kier molecular flexibility index (Phi) is 5.52. The van der Waals surface area contributed by atoms with Gasteiger partial charge in [-0.3, -0.25) is 4.79 Å². The summed E-state index contributed by atoms with van der Waals surface area (Å²) in [6.07, 6.45) is 2.47. The summed E-state index contributed by atoms with van der Waals surface area (Å²) in [6.45, 7) is 1.21. The smallest absolute Gasteiger partial charge is 0.327 e. The Balaban J connectivity index is 2.89. The summed E-state index contributed by atoms with van der Waals surface area (Å²) in [5.41, 5.74) is 0. The van der Waals surface area contributed by atoms with E-state index in [9.17, 15) is 18.0 Å². The van der Waals surface area contributed by atoms with E-state index in [1.54, 1.807) is 0 Å². The number of hydrogen-bond donors (Lipinski definition) is 2. The lowest BCUT2D eigenvalue weighted by molar-refractivity contribution is -0.140. The Morgan fingerprint density at radius 3 is 2.65 bits per heavy atom. The molecule has 0 fully saturated rings. The lowest BCUT2D eigenvalue weighted by Crippen LogP contribution is -2.41. The van der Waals surface area contributed by atoms with Gasteiger partial charge in [0, 0.05) is 25.1 Å². The number of aliphatic carboxylic acids is 1. The predicted octanol–water partition coefficient (Wildman–Crippen LogP) is 0.167. The van der Waals surface area contributed by atoms with E-state index < -0.39 is 27.8 Å². The molecular weight excluding hydrogens is 304 g/mol. The van der Waals surface area contributed by atoms with E-state index in [0.717, 1.165) is 18.0 Å². The van der Waals surface area contributed by atoms with Gasteiger partial charge in [-0.15, -0.1) is 11.8 Å². The summed E-state index contributed by atoms with van der Waals surface area (Å²) in [6, 6.07) is 1.79. The highest BCUT2D eigenvalue weighted by Gasteiger charge is 2.21. The minimum Gasteiger partial charge on any atom is -0.480 e. The van der Waals surface area contributed by atoms with Gasteiger partial charge in [0.15, 0.2) is 9.84 Å². The molecule has 0 saturated carbocycles. The maximum Gasteiger partial charge on any atom is 0.327 e. The zero-order chi connectivity index (χ0) is 15.3. The number of aromatic nitrogens is 1. The number of pyridine rings is 1. The average Bonchev–Trinajstić information content (AvgIpc) is 2.33. The molecule has 9 heteroatoms. The van der Waals surface area contributed by atoms with Gasteiger partial charge in [0.25, 0.3) is 0 Å². The Bertz CT molecular complexity index is 615. The normalized spacial score (nSPS) is 12.7. The minimum absolute atomic E-state index is 0.0194. The van der Waals surface area contributed by atoms with Crippen molar-refractivity contribution in [2.45, 2.75) is 22.9 Å². The highest BCUT2D eigenvalue weighted by Crippen LogP contribution is 2.24. The Hall–Kier alpha value is -1.61. The van der Waals surface area contributed by atoms with Crippen molar-refractivity contribution < 1.29 is 23.1 Å². The van der Waals surface area contributed by atoms with Gasteiger partial charge >= 0.3 is 5.97 Å². The predicted molar refractivity (Wildman–Crippen MR) is 73.3 cm³/mol. The molecule has 1 atom stereocenters. The minimum atomic E-state index is -3.44. The Labute approximate surface area is 120 Å². The van der Waals surface area contributed by atoms with Crippen molar-refractivity contribution >= 4 is 33.5 Å². The molecule has 1 aromatic rings. The highest BCUT2D eigenvalue weighted by atomic mass is 32.2. The second-order valence-corrected chi connectivity index (χ2v) is 6.97. The molecule has 0 spiro atoms. The van der Waals surface area contributed by atoms with Gasteiger partial charge in [0.2, 0.25) is 5.91 Å². The lowest BCUT2D eigenvalue weighted by Gasteiger charge is -2.13. The number of carboxylic acids is 1. The summed E-state index contributed by atoms with van der Waals surface area (Å²) in [4.78, 5) is 25.8. The van der Waals surface area contributed by atoms with Crippen molar-refractivity contribution in [3.63, 3.8) is 0 Å². The molecule has 0 aliphatic carbocycles. The first-order chi connectivity index (χ1) is 9.21. The third-order valence-corrected chi connectivity index (χ3v) is 4.55. The van der Waals surface area contributed by atoms with Crippen molar-refractivity contribution in [3.8, 4) is 0 Å². The molecule has 0 aliphatic heterocycles. The summed E-state index contributed by atoms with van der Waals surface area (Å²) in [5.74, 6) is -1.68. The molecule has 7 nitrogen and oxygen atoms in total. The number of nitrogens with one attached hydrogen (secondary N) is 1. The first-order valence-electron chi connectivity index (χ1n) is 5.49. The second kappa shape index (κ2) is 6.71. The highest BCUT2D eigenvalue weighted by molar-refractivity contribution is 8.00. The van der Waals surface area contributed by atoms with Crippen LogP contribution in [-0.4, -0.2) is 48.4 Å². The van der Waals surface area contributed by atoms with E-state index in [1.807, 2.05) is 0 Å². The van der Waals surface area contributed by atoms with E-state index in [1.165, 1.54) is 25.3 Å². The molecule has 1 aromatic heterocycles. The summed E-state index contributed by atoms with van der Waals surface area (Å²) < 4.78 is 23.1. The van der Waals surface area contributed by atoms with Gasteiger partial charge in [-0.2, -0.15) is 0 Å². The maximum atomic E-state index is 11.6. The van der Waals surface area contributed by atoms with Crippen LogP contribution in [0.25, 0.3) is 0 Å². The van der Waals surface area contributed by atoms with E-state index in [2.05, 4.69) is 10.3 Å².